The van der Waals surface area contributed by atoms with Crippen LogP contribution in [0.25, 0.3) is 0 Å². The lowest BCUT2D eigenvalue weighted by Crippen LogP contribution is -2.48. The second-order valence-corrected chi connectivity index (χ2v) is 9.13. The van der Waals surface area contributed by atoms with Crippen LogP contribution in [-0.4, -0.2) is 41.0 Å². The van der Waals surface area contributed by atoms with Crippen LogP contribution in [0.4, 0.5) is 5.95 Å². The molecule has 4 rings (SSSR count). The molecule has 1 aliphatic rings. The van der Waals surface area contributed by atoms with E-state index in [1.807, 2.05) is 6.92 Å². The molecule has 0 atom stereocenters. The summed E-state index contributed by atoms with van der Waals surface area (Å²) in [6.07, 6.45) is 1.79. The van der Waals surface area contributed by atoms with Crippen molar-refractivity contribution < 1.29 is 0 Å². The maximum absolute atomic E-state index is 12.7. The smallest absolute Gasteiger partial charge is 0.255 e. The first-order valence-electron chi connectivity index (χ1n) is 11.7. The van der Waals surface area contributed by atoms with Crippen LogP contribution in [0.5, 0.6) is 0 Å². The molecule has 1 aromatic heterocycles. The van der Waals surface area contributed by atoms with Crippen molar-refractivity contribution >= 4 is 5.95 Å². The SMILES string of the molecule is Cc1nc(N2CCN(C(c3ccccc3)c3ccccc3)CC2)[nH]c(=O)c1CCC(C)C. The van der Waals surface area contributed by atoms with Gasteiger partial charge in [0.15, 0.2) is 0 Å². The van der Waals surface area contributed by atoms with Crippen molar-refractivity contribution in [1.82, 2.24) is 14.9 Å². The fourth-order valence-electron chi connectivity index (χ4n) is 4.55. The summed E-state index contributed by atoms with van der Waals surface area (Å²) in [4.78, 5) is 25.3. The molecule has 2 heterocycles. The van der Waals surface area contributed by atoms with Gasteiger partial charge in [0.1, 0.15) is 0 Å². The number of nitrogens with zero attached hydrogens (tertiary/aromatic N) is 3. The molecule has 5 heteroatoms. The maximum atomic E-state index is 12.7. The molecule has 0 saturated carbocycles. The Kier molecular flexibility index (Phi) is 7.05. The first-order valence-corrected chi connectivity index (χ1v) is 11.7. The Bertz CT molecular complexity index is 1010. The highest BCUT2D eigenvalue weighted by atomic mass is 16.1. The Labute approximate surface area is 191 Å². The number of piperazine rings is 1. The Morgan fingerprint density at radius 2 is 1.47 bits per heavy atom. The molecular formula is C27H34N4O. The molecule has 3 aromatic rings. The standard InChI is InChI=1S/C27H34N4O/c1-20(2)14-15-24-21(3)28-27(29-26(24)32)31-18-16-30(17-19-31)25(22-10-6-4-7-11-22)23-12-8-5-9-13-23/h4-13,20,25H,14-19H2,1-3H3,(H,28,29,32). The number of benzene rings is 2. The van der Waals surface area contributed by atoms with Gasteiger partial charge in [0.2, 0.25) is 5.95 Å². The fraction of sp³-hybridized carbons (Fsp3) is 0.407. The minimum absolute atomic E-state index is 0.0158. The predicted molar refractivity (Wildman–Crippen MR) is 131 cm³/mol. The quantitative estimate of drug-likeness (QED) is 0.596. The average molecular weight is 431 g/mol. The number of anilines is 1. The third-order valence-electron chi connectivity index (χ3n) is 6.39. The molecule has 168 valence electrons. The number of H-pyrrole nitrogens is 1. The minimum atomic E-state index is 0.0158. The van der Waals surface area contributed by atoms with Crippen molar-refractivity contribution in [2.24, 2.45) is 5.92 Å². The highest BCUT2D eigenvalue weighted by Gasteiger charge is 2.27. The van der Waals surface area contributed by atoms with Gasteiger partial charge in [-0.1, -0.05) is 74.5 Å². The first kappa shape index (κ1) is 22.3. The molecule has 1 aliphatic heterocycles. The molecular weight excluding hydrogens is 396 g/mol. The van der Waals surface area contributed by atoms with E-state index >= 15 is 0 Å². The van der Waals surface area contributed by atoms with E-state index in [0.29, 0.717) is 11.9 Å². The van der Waals surface area contributed by atoms with Gasteiger partial charge < -0.3 is 4.90 Å². The zero-order valence-corrected chi connectivity index (χ0v) is 19.4. The highest BCUT2D eigenvalue weighted by molar-refractivity contribution is 5.36. The van der Waals surface area contributed by atoms with E-state index in [-0.39, 0.29) is 11.6 Å². The molecule has 32 heavy (non-hydrogen) atoms. The lowest BCUT2D eigenvalue weighted by atomic mass is 9.96. The molecule has 1 N–H and O–H groups in total. The van der Waals surface area contributed by atoms with Gasteiger partial charge in [-0.25, -0.2) is 4.98 Å². The van der Waals surface area contributed by atoms with Gasteiger partial charge in [-0.05, 0) is 36.8 Å². The summed E-state index contributed by atoms with van der Waals surface area (Å²) in [5.41, 5.74) is 4.32. The minimum Gasteiger partial charge on any atom is -0.340 e. The molecule has 0 aliphatic carbocycles. The molecule has 0 amide bonds. The fourth-order valence-corrected chi connectivity index (χ4v) is 4.55. The first-order chi connectivity index (χ1) is 15.5. The molecule has 0 radical (unpaired) electrons. The largest absolute Gasteiger partial charge is 0.340 e. The summed E-state index contributed by atoms with van der Waals surface area (Å²) in [7, 11) is 0. The number of aromatic amines is 1. The van der Waals surface area contributed by atoms with E-state index < -0.39 is 0 Å². The van der Waals surface area contributed by atoms with Crippen molar-refractivity contribution in [3.8, 4) is 0 Å². The van der Waals surface area contributed by atoms with E-state index in [1.54, 1.807) is 0 Å². The normalized spacial score (nSPS) is 15.0. The van der Waals surface area contributed by atoms with Gasteiger partial charge in [0, 0.05) is 37.4 Å². The number of hydrogen-bond acceptors (Lipinski definition) is 4. The average Bonchev–Trinajstić information content (AvgIpc) is 2.80. The van der Waals surface area contributed by atoms with Crippen LogP contribution in [0.3, 0.4) is 0 Å². The highest BCUT2D eigenvalue weighted by Crippen LogP contribution is 2.29. The van der Waals surface area contributed by atoms with Gasteiger partial charge >= 0.3 is 0 Å². The molecule has 5 nitrogen and oxygen atoms in total. The summed E-state index contributed by atoms with van der Waals surface area (Å²) in [5.74, 6) is 1.28. The van der Waals surface area contributed by atoms with Crippen LogP contribution in [0.15, 0.2) is 65.5 Å². The third kappa shape index (κ3) is 5.10. The van der Waals surface area contributed by atoms with Crippen LogP contribution in [0, 0.1) is 12.8 Å². The van der Waals surface area contributed by atoms with Gasteiger partial charge in [-0.2, -0.15) is 0 Å². The van der Waals surface area contributed by atoms with Crippen molar-refractivity contribution in [1.29, 1.82) is 0 Å². The predicted octanol–water partition coefficient (Wildman–Crippen LogP) is 4.58. The van der Waals surface area contributed by atoms with E-state index in [0.717, 1.165) is 50.3 Å². The van der Waals surface area contributed by atoms with Crippen LogP contribution >= 0.6 is 0 Å². The van der Waals surface area contributed by atoms with Crippen molar-refractivity contribution in [3.63, 3.8) is 0 Å². The summed E-state index contributed by atoms with van der Waals surface area (Å²) >= 11 is 0. The lowest BCUT2D eigenvalue weighted by Gasteiger charge is -2.40. The second kappa shape index (κ2) is 10.1. The van der Waals surface area contributed by atoms with E-state index in [4.69, 9.17) is 4.98 Å². The molecule has 1 fully saturated rings. The molecule has 2 aromatic carbocycles. The number of rotatable bonds is 7. The summed E-state index contributed by atoms with van der Waals surface area (Å²) in [5, 5.41) is 0. The van der Waals surface area contributed by atoms with Crippen LogP contribution in [0.1, 0.15) is 48.7 Å². The zero-order chi connectivity index (χ0) is 22.5. The molecule has 0 unspecified atom stereocenters. The Hall–Kier alpha value is -2.92. The van der Waals surface area contributed by atoms with E-state index in [1.165, 1.54) is 11.1 Å². The Morgan fingerprint density at radius 3 is 1.97 bits per heavy atom. The molecule has 0 bridgehead atoms. The van der Waals surface area contributed by atoms with E-state index in [2.05, 4.69) is 89.3 Å². The summed E-state index contributed by atoms with van der Waals surface area (Å²) in [6, 6.07) is 21.7. The summed E-state index contributed by atoms with van der Waals surface area (Å²) < 4.78 is 0. The number of aryl methyl sites for hydroxylation is 1. The van der Waals surface area contributed by atoms with Crippen molar-refractivity contribution in [2.75, 3.05) is 31.1 Å². The van der Waals surface area contributed by atoms with Gasteiger partial charge in [0.25, 0.3) is 5.56 Å². The van der Waals surface area contributed by atoms with Crippen LogP contribution in [-0.2, 0) is 6.42 Å². The van der Waals surface area contributed by atoms with Crippen molar-refractivity contribution in [3.05, 3.63) is 93.4 Å². The number of aromatic nitrogens is 2. The van der Waals surface area contributed by atoms with E-state index in [9.17, 15) is 4.79 Å². The Morgan fingerprint density at radius 1 is 0.906 bits per heavy atom. The maximum Gasteiger partial charge on any atom is 0.255 e. The van der Waals surface area contributed by atoms with Gasteiger partial charge in [-0.3, -0.25) is 14.7 Å². The van der Waals surface area contributed by atoms with Crippen LogP contribution in [0.2, 0.25) is 0 Å². The summed E-state index contributed by atoms with van der Waals surface area (Å²) in [6.45, 7) is 9.82. The number of hydrogen-bond donors (Lipinski definition) is 1. The zero-order valence-electron chi connectivity index (χ0n) is 19.4. The monoisotopic (exact) mass is 430 g/mol. The second-order valence-electron chi connectivity index (χ2n) is 9.13. The van der Waals surface area contributed by atoms with Crippen molar-refractivity contribution in [2.45, 2.75) is 39.7 Å². The third-order valence-corrected chi connectivity index (χ3v) is 6.39. The molecule has 1 saturated heterocycles. The topological polar surface area (TPSA) is 52.2 Å². The van der Waals surface area contributed by atoms with Crippen LogP contribution < -0.4 is 10.5 Å². The van der Waals surface area contributed by atoms with Gasteiger partial charge in [0.05, 0.1) is 6.04 Å². The molecule has 0 spiro atoms. The Balaban J connectivity index is 1.50. The van der Waals surface area contributed by atoms with Gasteiger partial charge in [-0.15, -0.1) is 0 Å². The number of nitrogens with one attached hydrogen (secondary N) is 1. The lowest BCUT2D eigenvalue weighted by molar-refractivity contribution is 0.211.